The Hall–Kier alpha value is -1.61. The lowest BCUT2D eigenvalue weighted by Gasteiger charge is -1.97. The number of benzene rings is 2. The first-order valence-corrected chi connectivity index (χ1v) is 10.9. The van der Waals surface area contributed by atoms with Gasteiger partial charge < -0.3 is 4.74 Å². The fourth-order valence-corrected chi connectivity index (χ4v) is 3.95. The minimum atomic E-state index is -4.03. The molecule has 0 amide bonds. The molecule has 0 saturated carbocycles. The summed E-state index contributed by atoms with van der Waals surface area (Å²) in [5.41, 5.74) is 2.07. The van der Waals surface area contributed by atoms with Gasteiger partial charge in [0.25, 0.3) is 10.1 Å². The van der Waals surface area contributed by atoms with E-state index in [2.05, 4.69) is 4.98 Å². The van der Waals surface area contributed by atoms with Gasteiger partial charge in [-0.2, -0.15) is 8.42 Å². The monoisotopic (exact) mass is 397 g/mol. The summed E-state index contributed by atoms with van der Waals surface area (Å²) in [6, 6.07) is 12.1. The number of aryl methyl sites for hydroxylation is 1. The SMILES string of the molecule is CCc1ccc(S(=O)(=O)O)cc1.COc1ccc2sc(SC)nc2c1. The van der Waals surface area contributed by atoms with Gasteiger partial charge in [-0.25, -0.2) is 4.98 Å². The smallest absolute Gasteiger partial charge is 0.294 e. The van der Waals surface area contributed by atoms with Crippen LogP contribution in [0, 0.1) is 0 Å². The van der Waals surface area contributed by atoms with Crippen LogP contribution in [-0.4, -0.2) is 31.3 Å². The second-order valence-electron chi connectivity index (χ2n) is 4.99. The number of ether oxygens (including phenoxy) is 1. The Morgan fingerprint density at radius 3 is 2.40 bits per heavy atom. The highest BCUT2D eigenvalue weighted by Gasteiger charge is 2.07. The van der Waals surface area contributed by atoms with Gasteiger partial charge in [0.05, 0.1) is 22.2 Å². The van der Waals surface area contributed by atoms with Gasteiger partial charge in [-0.05, 0) is 42.5 Å². The number of nitrogens with zero attached hydrogens (tertiary/aromatic N) is 1. The standard InChI is InChI=1S/C9H9NOS2.C8H10O3S/c1-11-6-3-4-8-7(5-6)10-9(12-2)13-8;1-2-7-3-5-8(6-4-7)12(9,10)11/h3-5H,1-2H3;3-6H,2H2,1H3,(H,9,10,11). The minimum Gasteiger partial charge on any atom is -0.497 e. The molecule has 0 bridgehead atoms. The van der Waals surface area contributed by atoms with Crippen LogP contribution in [0.2, 0.25) is 0 Å². The lowest BCUT2D eigenvalue weighted by atomic mass is 10.2. The maximum absolute atomic E-state index is 10.6. The van der Waals surface area contributed by atoms with E-state index < -0.39 is 10.1 Å². The van der Waals surface area contributed by atoms with Gasteiger partial charge in [-0.15, -0.1) is 11.3 Å². The number of hydrogen-bond acceptors (Lipinski definition) is 6. The van der Waals surface area contributed by atoms with E-state index in [9.17, 15) is 8.42 Å². The molecule has 3 rings (SSSR count). The summed E-state index contributed by atoms with van der Waals surface area (Å²) in [7, 11) is -2.36. The highest BCUT2D eigenvalue weighted by molar-refractivity contribution is 8.00. The third kappa shape index (κ3) is 5.43. The number of thiazole rings is 1. The number of fused-ring (bicyclic) bond motifs is 1. The molecule has 134 valence electrons. The van der Waals surface area contributed by atoms with E-state index in [4.69, 9.17) is 9.29 Å². The predicted molar refractivity (Wildman–Crippen MR) is 104 cm³/mol. The Kier molecular flexibility index (Phi) is 6.83. The van der Waals surface area contributed by atoms with E-state index in [0.29, 0.717) is 0 Å². The van der Waals surface area contributed by atoms with E-state index in [0.717, 1.165) is 27.6 Å². The van der Waals surface area contributed by atoms with Gasteiger partial charge in [-0.3, -0.25) is 4.55 Å². The van der Waals surface area contributed by atoms with E-state index in [1.807, 2.05) is 31.4 Å². The van der Waals surface area contributed by atoms with Crippen molar-refractivity contribution in [3.05, 3.63) is 48.0 Å². The quantitative estimate of drug-likeness (QED) is 0.515. The molecule has 3 aromatic rings. The van der Waals surface area contributed by atoms with E-state index in [1.54, 1.807) is 42.3 Å². The van der Waals surface area contributed by atoms with E-state index in [-0.39, 0.29) is 4.90 Å². The fraction of sp³-hybridized carbons (Fsp3) is 0.235. The van der Waals surface area contributed by atoms with Crippen molar-refractivity contribution < 1.29 is 17.7 Å². The summed E-state index contributed by atoms with van der Waals surface area (Å²) in [5.74, 6) is 0.866. The van der Waals surface area contributed by atoms with Crippen LogP contribution in [0.15, 0.2) is 51.7 Å². The number of hydrogen-bond donors (Lipinski definition) is 1. The van der Waals surface area contributed by atoms with Crippen LogP contribution in [0.3, 0.4) is 0 Å². The fourth-order valence-electron chi connectivity index (χ4n) is 2.00. The van der Waals surface area contributed by atoms with Crippen molar-refractivity contribution in [2.45, 2.75) is 22.6 Å². The Bertz CT molecular complexity index is 932. The second kappa shape index (κ2) is 8.66. The molecule has 0 saturated heterocycles. The molecule has 0 unspecified atom stereocenters. The van der Waals surface area contributed by atoms with Gasteiger partial charge in [0.15, 0.2) is 4.34 Å². The average Bonchev–Trinajstić information content (AvgIpc) is 3.03. The molecular weight excluding hydrogens is 378 g/mol. The van der Waals surface area contributed by atoms with Crippen LogP contribution in [0.4, 0.5) is 0 Å². The Balaban J connectivity index is 0.000000181. The molecule has 0 atom stereocenters. The maximum atomic E-state index is 10.6. The first kappa shape index (κ1) is 19.7. The lowest BCUT2D eigenvalue weighted by Crippen LogP contribution is -1.97. The third-order valence-corrected chi connectivity index (χ3v) is 6.27. The number of thioether (sulfide) groups is 1. The van der Waals surface area contributed by atoms with Crippen LogP contribution in [0.1, 0.15) is 12.5 Å². The summed E-state index contributed by atoms with van der Waals surface area (Å²) in [4.78, 5) is 4.39. The van der Waals surface area contributed by atoms with Gasteiger partial charge in [0.2, 0.25) is 0 Å². The van der Waals surface area contributed by atoms with Crippen molar-refractivity contribution in [2.75, 3.05) is 13.4 Å². The molecule has 0 spiro atoms. The minimum absolute atomic E-state index is 0.0558. The number of rotatable bonds is 4. The van der Waals surface area contributed by atoms with Crippen molar-refractivity contribution >= 4 is 43.4 Å². The zero-order chi connectivity index (χ0) is 18.4. The Morgan fingerprint density at radius 1 is 1.20 bits per heavy atom. The van der Waals surface area contributed by atoms with Crippen molar-refractivity contribution in [3.63, 3.8) is 0 Å². The van der Waals surface area contributed by atoms with Crippen LogP contribution >= 0.6 is 23.1 Å². The van der Waals surface area contributed by atoms with E-state index in [1.165, 1.54) is 16.8 Å². The molecule has 0 aliphatic heterocycles. The molecule has 0 aliphatic carbocycles. The van der Waals surface area contributed by atoms with Crippen molar-refractivity contribution in [1.29, 1.82) is 0 Å². The third-order valence-electron chi connectivity index (χ3n) is 3.38. The normalized spacial score (nSPS) is 11.0. The van der Waals surface area contributed by atoms with E-state index >= 15 is 0 Å². The van der Waals surface area contributed by atoms with Crippen LogP contribution in [-0.2, 0) is 16.5 Å². The molecular formula is C17H19NO4S3. The lowest BCUT2D eigenvalue weighted by molar-refractivity contribution is 0.415. The summed E-state index contributed by atoms with van der Waals surface area (Å²) in [6.45, 7) is 1.97. The maximum Gasteiger partial charge on any atom is 0.294 e. The Morgan fingerprint density at radius 2 is 1.88 bits per heavy atom. The molecule has 0 aliphatic rings. The highest BCUT2D eigenvalue weighted by atomic mass is 32.2. The zero-order valence-electron chi connectivity index (χ0n) is 14.1. The van der Waals surface area contributed by atoms with Crippen LogP contribution in [0.25, 0.3) is 10.2 Å². The van der Waals surface area contributed by atoms with Gasteiger partial charge in [-0.1, -0.05) is 30.8 Å². The summed E-state index contributed by atoms with van der Waals surface area (Å²) >= 11 is 3.39. The van der Waals surface area contributed by atoms with Gasteiger partial charge in [0.1, 0.15) is 5.75 Å². The summed E-state index contributed by atoms with van der Waals surface area (Å²) < 4.78 is 37.2. The molecule has 0 fully saturated rings. The van der Waals surface area contributed by atoms with Crippen LogP contribution in [0.5, 0.6) is 5.75 Å². The number of methoxy groups -OCH3 is 1. The molecule has 5 nitrogen and oxygen atoms in total. The Labute approximate surface area is 155 Å². The average molecular weight is 398 g/mol. The highest BCUT2D eigenvalue weighted by Crippen LogP contribution is 2.30. The molecule has 1 aromatic heterocycles. The summed E-state index contributed by atoms with van der Waals surface area (Å²) in [5, 5.41) is 0. The van der Waals surface area contributed by atoms with Crippen molar-refractivity contribution in [3.8, 4) is 5.75 Å². The largest absolute Gasteiger partial charge is 0.497 e. The van der Waals surface area contributed by atoms with Crippen molar-refractivity contribution in [1.82, 2.24) is 4.98 Å². The predicted octanol–water partition coefficient (Wildman–Crippen LogP) is 4.52. The zero-order valence-corrected chi connectivity index (χ0v) is 16.5. The molecule has 0 radical (unpaired) electrons. The number of aromatic nitrogens is 1. The topological polar surface area (TPSA) is 76.5 Å². The van der Waals surface area contributed by atoms with Crippen LogP contribution < -0.4 is 4.74 Å². The second-order valence-corrected chi connectivity index (χ2v) is 8.50. The summed E-state index contributed by atoms with van der Waals surface area (Å²) in [6.07, 6.45) is 2.89. The van der Waals surface area contributed by atoms with Crippen molar-refractivity contribution in [2.24, 2.45) is 0 Å². The first-order valence-electron chi connectivity index (χ1n) is 7.42. The molecule has 1 heterocycles. The van der Waals surface area contributed by atoms with Gasteiger partial charge >= 0.3 is 0 Å². The molecule has 2 aromatic carbocycles. The van der Waals surface area contributed by atoms with Gasteiger partial charge in [0, 0.05) is 6.07 Å². The molecule has 8 heteroatoms. The first-order chi connectivity index (χ1) is 11.9. The molecule has 1 N–H and O–H groups in total. The molecule has 25 heavy (non-hydrogen) atoms.